The van der Waals surface area contributed by atoms with Crippen LogP contribution in [0.15, 0.2) is 30.3 Å². The van der Waals surface area contributed by atoms with E-state index in [1.165, 1.54) is 0 Å². The normalized spacial score (nSPS) is 10.7. The molecule has 0 aromatic heterocycles. The highest BCUT2D eigenvalue weighted by Gasteiger charge is 1.88. The van der Waals surface area contributed by atoms with Gasteiger partial charge < -0.3 is 9.53 Å². The molecule has 0 bridgehead atoms. The summed E-state index contributed by atoms with van der Waals surface area (Å²) in [5.41, 5.74) is 1.01. The predicted octanol–water partition coefficient (Wildman–Crippen LogP) is 1.40. The number of benzene rings is 1. The van der Waals surface area contributed by atoms with Crippen LogP contribution in [0.3, 0.4) is 0 Å². The highest BCUT2D eigenvalue weighted by Crippen LogP contribution is 1.99. The standard InChI is InChI=1S/C9H10O2/c10-6-7-11-8-9-4-2-1-3-5-9/h1-6H,7-8H2/i6D. The molecule has 0 spiro atoms. The van der Waals surface area contributed by atoms with E-state index in [0.717, 1.165) is 5.56 Å². The molecule has 0 aliphatic carbocycles. The molecule has 1 aromatic carbocycles. The molecule has 2 heteroatoms. The lowest BCUT2D eigenvalue weighted by Gasteiger charge is -1.98. The minimum absolute atomic E-state index is 0.130. The van der Waals surface area contributed by atoms with Crippen molar-refractivity contribution in [1.29, 1.82) is 0 Å². The Kier molecular flexibility index (Phi) is 2.76. The first kappa shape index (κ1) is 6.55. The molecule has 0 atom stereocenters. The molecule has 0 fully saturated rings. The summed E-state index contributed by atoms with van der Waals surface area (Å²) < 4.78 is 11.5. The molecule has 1 aromatic rings. The topological polar surface area (TPSA) is 26.3 Å². The Morgan fingerprint density at radius 3 is 2.82 bits per heavy atom. The Morgan fingerprint density at radius 1 is 1.45 bits per heavy atom. The third-order valence-corrected chi connectivity index (χ3v) is 1.27. The molecule has 2 nitrogen and oxygen atoms in total. The van der Waals surface area contributed by atoms with Gasteiger partial charge in [-0.3, -0.25) is 0 Å². The zero-order valence-corrected chi connectivity index (χ0v) is 6.12. The van der Waals surface area contributed by atoms with Gasteiger partial charge in [0.15, 0.2) is 0 Å². The van der Waals surface area contributed by atoms with Crippen molar-refractivity contribution in [1.82, 2.24) is 0 Å². The number of hydrogen-bond donors (Lipinski definition) is 0. The lowest BCUT2D eigenvalue weighted by atomic mass is 10.2. The summed E-state index contributed by atoms with van der Waals surface area (Å²) in [4.78, 5) is 10.2. The number of aldehydes is 1. The Balaban J connectivity index is 2.29. The second-order valence-electron chi connectivity index (χ2n) is 2.12. The van der Waals surface area contributed by atoms with E-state index < -0.39 is 6.26 Å². The summed E-state index contributed by atoms with van der Waals surface area (Å²) >= 11 is 0. The van der Waals surface area contributed by atoms with E-state index in [1.807, 2.05) is 30.3 Å². The summed E-state index contributed by atoms with van der Waals surface area (Å²) in [5, 5.41) is 0. The van der Waals surface area contributed by atoms with Crippen LogP contribution in [0.25, 0.3) is 0 Å². The van der Waals surface area contributed by atoms with Gasteiger partial charge in [-0.2, -0.15) is 0 Å². The van der Waals surface area contributed by atoms with Crippen LogP contribution in [0.1, 0.15) is 6.93 Å². The zero-order valence-electron chi connectivity index (χ0n) is 7.12. The molecular formula is C9H10O2. The molecule has 11 heavy (non-hydrogen) atoms. The van der Waals surface area contributed by atoms with Gasteiger partial charge in [-0.1, -0.05) is 30.3 Å². The van der Waals surface area contributed by atoms with Crippen LogP contribution >= 0.6 is 0 Å². The highest BCUT2D eigenvalue weighted by atomic mass is 16.5. The lowest BCUT2D eigenvalue weighted by Crippen LogP contribution is -1.95. The van der Waals surface area contributed by atoms with Gasteiger partial charge in [-0.15, -0.1) is 0 Å². The Morgan fingerprint density at radius 2 is 2.18 bits per heavy atom. The van der Waals surface area contributed by atoms with Crippen molar-refractivity contribution in [3.8, 4) is 0 Å². The molecular weight excluding hydrogens is 140 g/mol. The minimum Gasteiger partial charge on any atom is -0.369 e. The quantitative estimate of drug-likeness (QED) is 0.608. The molecule has 0 amide bonds. The zero-order chi connectivity index (χ0) is 8.81. The number of rotatable bonds is 4. The summed E-state index contributed by atoms with van der Waals surface area (Å²) in [7, 11) is 0. The minimum atomic E-state index is -0.689. The van der Waals surface area contributed by atoms with Gasteiger partial charge in [-0.25, -0.2) is 0 Å². The SMILES string of the molecule is [2H]C(=O)COCc1ccccc1. The van der Waals surface area contributed by atoms with Gasteiger partial charge in [0.05, 0.1) is 6.61 Å². The van der Waals surface area contributed by atoms with Crippen molar-refractivity contribution in [3.05, 3.63) is 35.9 Å². The summed E-state index contributed by atoms with van der Waals surface area (Å²) in [5.74, 6) is 0. The van der Waals surface area contributed by atoms with Crippen LogP contribution in [0, 0.1) is 0 Å². The number of hydrogen-bond acceptors (Lipinski definition) is 2. The van der Waals surface area contributed by atoms with Crippen LogP contribution in [0.4, 0.5) is 0 Å². The Bertz CT molecular complexity index is 246. The van der Waals surface area contributed by atoms with Crippen LogP contribution in [-0.2, 0) is 16.1 Å². The predicted molar refractivity (Wildman–Crippen MR) is 42.2 cm³/mol. The van der Waals surface area contributed by atoms with E-state index in [0.29, 0.717) is 6.61 Å². The second kappa shape index (κ2) is 4.63. The Labute approximate surface area is 67.2 Å². The van der Waals surface area contributed by atoms with Crippen LogP contribution in [-0.4, -0.2) is 12.9 Å². The summed E-state index contributed by atoms with van der Waals surface area (Å²) in [6, 6.07) is 9.55. The third kappa shape index (κ3) is 2.96. The molecule has 0 N–H and O–H groups in total. The van der Waals surface area contributed by atoms with E-state index >= 15 is 0 Å². The van der Waals surface area contributed by atoms with Gasteiger partial charge >= 0.3 is 0 Å². The average Bonchev–Trinajstić information content (AvgIpc) is 2.05. The molecule has 0 aliphatic heterocycles. The number of carbonyl (C=O) groups excluding carboxylic acids is 1. The van der Waals surface area contributed by atoms with E-state index in [4.69, 9.17) is 6.11 Å². The first-order valence-corrected chi connectivity index (χ1v) is 3.40. The van der Waals surface area contributed by atoms with Gasteiger partial charge in [0, 0.05) is 0 Å². The smallest absolute Gasteiger partial charge is 0.145 e. The molecule has 0 saturated heterocycles. The van der Waals surface area contributed by atoms with Crippen molar-refractivity contribution in [3.63, 3.8) is 0 Å². The Hall–Kier alpha value is -1.15. The fourth-order valence-electron chi connectivity index (χ4n) is 0.785. The average molecular weight is 151 g/mol. The molecule has 0 radical (unpaired) electrons. The first-order chi connectivity index (χ1) is 5.79. The van der Waals surface area contributed by atoms with E-state index in [1.54, 1.807) is 0 Å². The van der Waals surface area contributed by atoms with E-state index in [-0.39, 0.29) is 6.61 Å². The molecule has 58 valence electrons. The van der Waals surface area contributed by atoms with Gasteiger partial charge in [0.25, 0.3) is 0 Å². The largest absolute Gasteiger partial charge is 0.369 e. The number of ether oxygens (including phenoxy) is 1. The lowest BCUT2D eigenvalue weighted by molar-refractivity contribution is -0.112. The maximum Gasteiger partial charge on any atom is 0.145 e. The maximum atomic E-state index is 10.2. The molecule has 0 unspecified atom stereocenters. The summed E-state index contributed by atoms with van der Waals surface area (Å²) in [6.45, 7) is 0.264. The van der Waals surface area contributed by atoms with Crippen molar-refractivity contribution in [2.24, 2.45) is 0 Å². The van der Waals surface area contributed by atoms with Crippen molar-refractivity contribution < 1.29 is 10.9 Å². The van der Waals surface area contributed by atoms with Crippen LogP contribution < -0.4 is 0 Å². The van der Waals surface area contributed by atoms with Gasteiger partial charge in [-0.05, 0) is 5.56 Å². The third-order valence-electron chi connectivity index (χ3n) is 1.27. The van der Waals surface area contributed by atoms with E-state index in [9.17, 15) is 4.79 Å². The second-order valence-corrected chi connectivity index (χ2v) is 2.12. The van der Waals surface area contributed by atoms with Crippen molar-refractivity contribution >= 4 is 6.26 Å². The molecule has 0 saturated carbocycles. The maximum absolute atomic E-state index is 10.2. The highest BCUT2D eigenvalue weighted by molar-refractivity contribution is 5.50. The van der Waals surface area contributed by atoms with Crippen molar-refractivity contribution in [2.75, 3.05) is 6.61 Å². The van der Waals surface area contributed by atoms with Gasteiger partial charge in [0.1, 0.15) is 14.2 Å². The number of carbonyl (C=O) groups is 1. The summed E-state index contributed by atoms with van der Waals surface area (Å²) in [6.07, 6.45) is -0.689. The first-order valence-electron chi connectivity index (χ1n) is 3.90. The van der Waals surface area contributed by atoms with Crippen molar-refractivity contribution in [2.45, 2.75) is 6.61 Å². The van der Waals surface area contributed by atoms with Crippen LogP contribution in [0.2, 0.25) is 0 Å². The fraction of sp³-hybridized carbons (Fsp3) is 0.222. The van der Waals surface area contributed by atoms with E-state index in [2.05, 4.69) is 0 Å². The van der Waals surface area contributed by atoms with Crippen LogP contribution in [0.5, 0.6) is 0 Å². The monoisotopic (exact) mass is 151 g/mol. The molecule has 1 rings (SSSR count). The molecule has 0 heterocycles. The molecule has 0 aliphatic rings. The van der Waals surface area contributed by atoms with Gasteiger partial charge in [0.2, 0.25) is 0 Å². The fourth-order valence-corrected chi connectivity index (χ4v) is 0.785.